The zero-order valence-electron chi connectivity index (χ0n) is 26.1. The molecule has 9 nitrogen and oxygen atoms in total. The molecule has 2 aromatic carbocycles. The second-order valence-corrected chi connectivity index (χ2v) is 12.6. The third kappa shape index (κ3) is 5.32. The molecule has 3 N–H and O–H groups in total. The van der Waals surface area contributed by atoms with Crippen LogP contribution >= 0.6 is 0 Å². The van der Waals surface area contributed by atoms with Gasteiger partial charge in [-0.2, -0.15) is 0 Å². The van der Waals surface area contributed by atoms with Gasteiger partial charge in [0.2, 0.25) is 0 Å². The van der Waals surface area contributed by atoms with Gasteiger partial charge in [0.25, 0.3) is 0 Å². The summed E-state index contributed by atoms with van der Waals surface area (Å²) in [5, 5.41) is 7.09. The van der Waals surface area contributed by atoms with Crippen molar-refractivity contribution in [2.24, 2.45) is 4.99 Å². The molecular formula is C36H39N9. The maximum absolute atomic E-state index is 5.29. The normalized spacial score (nSPS) is 19.0. The number of aromatic nitrogens is 3. The van der Waals surface area contributed by atoms with Crippen LogP contribution in [0.2, 0.25) is 0 Å². The molecule has 4 aliphatic rings. The first-order valence-electron chi connectivity index (χ1n) is 15.8. The van der Waals surface area contributed by atoms with Gasteiger partial charge in [-0.15, -0.1) is 0 Å². The van der Waals surface area contributed by atoms with Crippen LogP contribution in [0.1, 0.15) is 45.5 Å². The standard InChI is InChI=1S/C36H39N9/c1-23-15-26(27-16-25(20-38-21-27)19-37-18-24-7-5-4-6-8-24)17-28-31(39-22-44(3)35(23)28)36-41-33-30(45-13-11-43(2)12-14-45)10-9-29-32(40-29)34(33)42-36/h4-10,15-17,20-21,32,37,40H,11-14,18-19,22H2,1-3H3,(H,41,42). The van der Waals surface area contributed by atoms with Crippen LogP contribution in [0.25, 0.3) is 16.8 Å². The summed E-state index contributed by atoms with van der Waals surface area (Å²) < 4.78 is 0. The first-order chi connectivity index (χ1) is 22.0. The number of anilines is 1. The lowest BCUT2D eigenvalue weighted by Gasteiger charge is -2.35. The number of nitrogens with one attached hydrogen (secondary N) is 3. The molecule has 0 bridgehead atoms. The Balaban J connectivity index is 1.11. The number of hydrogen-bond acceptors (Lipinski definition) is 8. The summed E-state index contributed by atoms with van der Waals surface area (Å²) in [5.74, 6) is 0.831. The van der Waals surface area contributed by atoms with E-state index in [2.05, 4.69) is 111 Å². The SMILES string of the molecule is Cc1cc(-c2cncc(CNCc3ccccc3)c2)cc2c1N(C)CN=C2c1nc2c([nH]1)C1NC1=CC=C2N1CCN(C)CC1. The topological polar surface area (TPSA) is 97.6 Å². The number of aliphatic imine (C=N–C) groups is 1. The number of hydrogen-bond donors (Lipinski definition) is 3. The van der Waals surface area contributed by atoms with Gasteiger partial charge in [0.1, 0.15) is 24.1 Å². The predicted octanol–water partition coefficient (Wildman–Crippen LogP) is 4.44. The molecule has 9 heteroatoms. The van der Waals surface area contributed by atoms with Gasteiger partial charge in [-0.25, -0.2) is 4.98 Å². The Hall–Kier alpha value is -4.73. The number of nitrogens with zero attached hydrogens (tertiary/aromatic N) is 6. The first kappa shape index (κ1) is 27.8. The van der Waals surface area contributed by atoms with Crippen LogP contribution < -0.4 is 15.5 Å². The van der Waals surface area contributed by atoms with E-state index in [9.17, 15) is 0 Å². The van der Waals surface area contributed by atoms with Crippen molar-refractivity contribution in [1.29, 1.82) is 0 Å². The molecule has 228 valence electrons. The van der Waals surface area contributed by atoms with E-state index in [1.54, 1.807) is 0 Å². The molecule has 0 spiro atoms. The number of fused-ring (bicyclic) bond motifs is 4. The average Bonchev–Trinajstić information content (AvgIpc) is 3.73. The van der Waals surface area contributed by atoms with E-state index in [0.717, 1.165) is 84.4 Å². The Kier molecular flexibility index (Phi) is 6.99. The highest BCUT2D eigenvalue weighted by molar-refractivity contribution is 6.16. The van der Waals surface area contributed by atoms with Crippen molar-refractivity contribution in [3.63, 3.8) is 0 Å². The Morgan fingerprint density at radius 1 is 0.911 bits per heavy atom. The number of H-pyrrole nitrogens is 1. The van der Waals surface area contributed by atoms with Gasteiger partial charge < -0.3 is 30.3 Å². The van der Waals surface area contributed by atoms with Crippen molar-refractivity contribution in [3.05, 3.63) is 118 Å². The van der Waals surface area contributed by atoms with Crippen molar-refractivity contribution in [1.82, 2.24) is 35.4 Å². The van der Waals surface area contributed by atoms with Crippen LogP contribution in [0.5, 0.6) is 0 Å². The highest BCUT2D eigenvalue weighted by Crippen LogP contribution is 2.41. The Bertz CT molecular complexity index is 1840. The molecule has 0 amide bonds. The fourth-order valence-corrected chi connectivity index (χ4v) is 6.81. The number of aromatic amines is 1. The lowest BCUT2D eigenvalue weighted by atomic mass is 9.94. The number of piperazine rings is 1. The van der Waals surface area contributed by atoms with Gasteiger partial charge in [-0.1, -0.05) is 30.3 Å². The summed E-state index contributed by atoms with van der Waals surface area (Å²) in [5.41, 5.74) is 13.7. The number of rotatable bonds is 7. The van der Waals surface area contributed by atoms with Crippen molar-refractivity contribution in [2.75, 3.05) is 51.8 Å². The van der Waals surface area contributed by atoms with Crippen LogP contribution in [-0.2, 0) is 13.1 Å². The molecule has 3 aliphatic heterocycles. The second-order valence-electron chi connectivity index (χ2n) is 12.6. The van der Waals surface area contributed by atoms with E-state index < -0.39 is 0 Å². The second kappa shape index (κ2) is 11.3. The molecule has 4 aromatic rings. The number of likely N-dealkylation sites (N-methyl/N-ethyl adjacent to an activating group) is 1. The van der Waals surface area contributed by atoms with Crippen molar-refractivity contribution in [2.45, 2.75) is 26.1 Å². The minimum absolute atomic E-state index is 0.186. The number of imidazole rings is 1. The van der Waals surface area contributed by atoms with Crippen LogP contribution in [0, 0.1) is 6.92 Å². The van der Waals surface area contributed by atoms with E-state index in [1.165, 1.54) is 28.2 Å². The molecule has 0 saturated carbocycles. The Morgan fingerprint density at radius 3 is 2.58 bits per heavy atom. The fourth-order valence-electron chi connectivity index (χ4n) is 6.81. The summed E-state index contributed by atoms with van der Waals surface area (Å²) >= 11 is 0. The van der Waals surface area contributed by atoms with Crippen molar-refractivity contribution >= 4 is 17.1 Å². The molecular weight excluding hydrogens is 558 g/mol. The van der Waals surface area contributed by atoms with Crippen LogP contribution in [-0.4, -0.2) is 77.4 Å². The fraction of sp³-hybridized carbons (Fsp3) is 0.306. The quantitative estimate of drug-likeness (QED) is 0.271. The number of benzene rings is 2. The molecule has 1 aliphatic carbocycles. The number of pyridine rings is 1. The molecule has 2 fully saturated rings. The minimum atomic E-state index is 0.186. The zero-order chi connectivity index (χ0) is 30.5. The van der Waals surface area contributed by atoms with E-state index in [1.807, 2.05) is 18.5 Å². The summed E-state index contributed by atoms with van der Waals surface area (Å²) in [6, 6.07) is 17.4. The number of allylic oxidation sites excluding steroid dienone is 2. The monoisotopic (exact) mass is 597 g/mol. The van der Waals surface area contributed by atoms with Gasteiger partial charge in [0.15, 0.2) is 5.82 Å². The maximum atomic E-state index is 5.29. The summed E-state index contributed by atoms with van der Waals surface area (Å²) in [6.07, 6.45) is 8.36. The first-order valence-corrected chi connectivity index (χ1v) is 15.8. The third-order valence-corrected chi connectivity index (χ3v) is 9.30. The Morgan fingerprint density at radius 2 is 1.73 bits per heavy atom. The zero-order valence-corrected chi connectivity index (χ0v) is 26.1. The van der Waals surface area contributed by atoms with E-state index >= 15 is 0 Å². The molecule has 2 aromatic heterocycles. The van der Waals surface area contributed by atoms with Crippen molar-refractivity contribution in [3.8, 4) is 11.1 Å². The third-order valence-electron chi connectivity index (χ3n) is 9.30. The molecule has 45 heavy (non-hydrogen) atoms. The molecule has 2 saturated heterocycles. The largest absolute Gasteiger partial charge is 0.373 e. The van der Waals surface area contributed by atoms with Gasteiger partial charge in [-0.3, -0.25) is 9.98 Å². The Labute approximate surface area is 264 Å². The summed E-state index contributed by atoms with van der Waals surface area (Å²) in [7, 11) is 4.31. The van der Waals surface area contributed by atoms with Crippen molar-refractivity contribution < 1.29 is 0 Å². The van der Waals surface area contributed by atoms with Gasteiger partial charge in [0, 0.05) is 75.5 Å². The summed E-state index contributed by atoms with van der Waals surface area (Å²) in [6.45, 7) is 8.45. The lowest BCUT2D eigenvalue weighted by Crippen LogP contribution is -2.43. The van der Waals surface area contributed by atoms with E-state index in [-0.39, 0.29) is 6.04 Å². The smallest absolute Gasteiger partial charge is 0.157 e. The van der Waals surface area contributed by atoms with Gasteiger partial charge in [0.05, 0.1) is 17.1 Å². The van der Waals surface area contributed by atoms with E-state index in [0.29, 0.717) is 6.67 Å². The average molecular weight is 598 g/mol. The van der Waals surface area contributed by atoms with Gasteiger partial charge >= 0.3 is 0 Å². The molecule has 1 atom stereocenters. The number of aryl methyl sites for hydroxylation is 1. The maximum Gasteiger partial charge on any atom is 0.157 e. The van der Waals surface area contributed by atoms with Crippen LogP contribution in [0.15, 0.2) is 83.8 Å². The molecule has 5 heterocycles. The lowest BCUT2D eigenvalue weighted by molar-refractivity contribution is 0.207. The summed E-state index contributed by atoms with van der Waals surface area (Å²) in [4.78, 5) is 25.8. The molecule has 1 unspecified atom stereocenters. The predicted molar refractivity (Wildman–Crippen MR) is 180 cm³/mol. The molecule has 8 rings (SSSR count). The van der Waals surface area contributed by atoms with E-state index in [4.69, 9.17) is 9.98 Å². The van der Waals surface area contributed by atoms with Gasteiger partial charge in [-0.05, 0) is 66.6 Å². The van der Waals surface area contributed by atoms with Crippen LogP contribution in [0.4, 0.5) is 5.69 Å². The highest BCUT2D eigenvalue weighted by Gasteiger charge is 2.39. The minimum Gasteiger partial charge on any atom is -0.373 e. The molecule has 0 radical (unpaired) electrons. The highest BCUT2D eigenvalue weighted by atomic mass is 15.3. The van der Waals surface area contributed by atoms with Crippen LogP contribution in [0.3, 0.4) is 0 Å².